The molecular weight excluding hydrogens is 350 g/mol. The number of fused-ring (bicyclic) bond motifs is 1. The van der Waals surface area contributed by atoms with Crippen LogP contribution in [0.5, 0.6) is 0 Å². The summed E-state index contributed by atoms with van der Waals surface area (Å²) < 4.78 is 0. The smallest absolute Gasteiger partial charge is 0.253 e. The number of amides is 2. The molecule has 1 fully saturated rings. The largest absolute Gasteiger partial charge is 0.336 e. The first kappa shape index (κ1) is 18.2. The predicted octanol–water partition coefficient (Wildman–Crippen LogP) is 3.24. The first-order valence-electron chi connectivity index (χ1n) is 9.55. The molecule has 1 aliphatic heterocycles. The van der Waals surface area contributed by atoms with E-state index in [-0.39, 0.29) is 11.8 Å². The number of carbonyl (C=O) groups is 2. The number of benzene rings is 3. The molecule has 3 aromatic rings. The van der Waals surface area contributed by atoms with Crippen LogP contribution < -0.4 is 5.32 Å². The molecule has 0 radical (unpaired) electrons. The van der Waals surface area contributed by atoms with E-state index >= 15 is 0 Å². The second-order valence-electron chi connectivity index (χ2n) is 7.01. The molecule has 142 valence electrons. The maximum Gasteiger partial charge on any atom is 0.253 e. The van der Waals surface area contributed by atoms with Crippen LogP contribution in [0.25, 0.3) is 10.8 Å². The fraction of sp³-hybridized carbons (Fsp3) is 0.217. The number of piperazine rings is 1. The van der Waals surface area contributed by atoms with Crippen LogP contribution in [-0.2, 0) is 4.79 Å². The van der Waals surface area contributed by atoms with Crippen LogP contribution in [0.2, 0.25) is 0 Å². The number of nitrogens with one attached hydrogen (secondary N) is 1. The maximum absolute atomic E-state index is 12.5. The van der Waals surface area contributed by atoms with Crippen molar-refractivity contribution in [2.24, 2.45) is 0 Å². The number of anilines is 1. The van der Waals surface area contributed by atoms with Crippen LogP contribution in [-0.4, -0.2) is 54.3 Å². The van der Waals surface area contributed by atoms with Crippen LogP contribution in [0.4, 0.5) is 5.69 Å². The average molecular weight is 373 g/mol. The van der Waals surface area contributed by atoms with Crippen molar-refractivity contribution in [3.8, 4) is 0 Å². The molecule has 1 aliphatic rings. The lowest BCUT2D eigenvalue weighted by Gasteiger charge is -2.34. The molecule has 1 N–H and O–H groups in total. The molecule has 0 unspecified atom stereocenters. The van der Waals surface area contributed by atoms with Crippen molar-refractivity contribution in [2.45, 2.75) is 0 Å². The van der Waals surface area contributed by atoms with E-state index in [0.717, 1.165) is 16.5 Å². The summed E-state index contributed by atoms with van der Waals surface area (Å²) in [6.45, 7) is 2.99. The normalized spacial score (nSPS) is 14.8. The summed E-state index contributed by atoms with van der Waals surface area (Å²) in [4.78, 5) is 29.0. The fourth-order valence-corrected chi connectivity index (χ4v) is 3.60. The van der Waals surface area contributed by atoms with Crippen LogP contribution in [0.3, 0.4) is 0 Å². The molecule has 0 aromatic heterocycles. The van der Waals surface area contributed by atoms with Gasteiger partial charge in [-0.1, -0.05) is 54.6 Å². The fourth-order valence-electron chi connectivity index (χ4n) is 3.60. The summed E-state index contributed by atoms with van der Waals surface area (Å²) in [6, 6.07) is 23.3. The minimum Gasteiger partial charge on any atom is -0.336 e. The minimum absolute atomic E-state index is 0.0285. The van der Waals surface area contributed by atoms with Gasteiger partial charge in [0.05, 0.1) is 6.54 Å². The number of rotatable bonds is 4. The molecule has 28 heavy (non-hydrogen) atoms. The molecule has 2 amide bonds. The van der Waals surface area contributed by atoms with Gasteiger partial charge in [-0.2, -0.15) is 0 Å². The van der Waals surface area contributed by atoms with Gasteiger partial charge in [-0.25, -0.2) is 0 Å². The van der Waals surface area contributed by atoms with Gasteiger partial charge in [0.15, 0.2) is 0 Å². The Morgan fingerprint density at radius 3 is 2.25 bits per heavy atom. The van der Waals surface area contributed by atoms with E-state index in [0.29, 0.717) is 38.3 Å². The molecule has 0 spiro atoms. The molecule has 0 saturated carbocycles. The van der Waals surface area contributed by atoms with E-state index in [1.54, 1.807) is 0 Å². The topological polar surface area (TPSA) is 52.7 Å². The van der Waals surface area contributed by atoms with Crippen LogP contribution in [0, 0.1) is 0 Å². The standard InChI is InChI=1S/C23H23N3O2/c27-22(24-21-12-6-10-18-7-4-5-11-20(18)21)17-25-13-15-26(16-14-25)23(28)19-8-2-1-3-9-19/h1-12H,13-17H2,(H,24,27). The molecular formula is C23H23N3O2. The summed E-state index contributed by atoms with van der Waals surface area (Å²) in [6.07, 6.45) is 0. The van der Waals surface area contributed by atoms with Crippen LogP contribution >= 0.6 is 0 Å². The number of hydrogen-bond acceptors (Lipinski definition) is 3. The van der Waals surface area contributed by atoms with Gasteiger partial charge in [-0.05, 0) is 23.6 Å². The van der Waals surface area contributed by atoms with Gasteiger partial charge in [0.1, 0.15) is 0 Å². The summed E-state index contributed by atoms with van der Waals surface area (Å²) in [5, 5.41) is 5.17. The lowest BCUT2D eigenvalue weighted by atomic mass is 10.1. The average Bonchev–Trinajstić information content (AvgIpc) is 2.75. The van der Waals surface area contributed by atoms with E-state index in [1.807, 2.05) is 77.7 Å². The van der Waals surface area contributed by atoms with Gasteiger partial charge in [-0.15, -0.1) is 0 Å². The summed E-state index contributed by atoms with van der Waals surface area (Å²) in [7, 11) is 0. The number of hydrogen-bond donors (Lipinski definition) is 1. The highest BCUT2D eigenvalue weighted by Crippen LogP contribution is 2.22. The molecule has 0 aliphatic carbocycles. The Hall–Kier alpha value is -3.18. The zero-order valence-corrected chi connectivity index (χ0v) is 15.7. The van der Waals surface area contributed by atoms with E-state index in [2.05, 4.69) is 10.2 Å². The lowest BCUT2D eigenvalue weighted by Crippen LogP contribution is -2.50. The zero-order valence-electron chi connectivity index (χ0n) is 15.7. The Morgan fingerprint density at radius 2 is 1.46 bits per heavy atom. The first-order chi connectivity index (χ1) is 13.7. The van der Waals surface area contributed by atoms with Crippen molar-refractivity contribution in [1.29, 1.82) is 0 Å². The quantitative estimate of drug-likeness (QED) is 0.764. The Bertz CT molecular complexity index is 974. The number of nitrogens with zero attached hydrogens (tertiary/aromatic N) is 2. The molecule has 3 aromatic carbocycles. The zero-order chi connectivity index (χ0) is 19.3. The monoisotopic (exact) mass is 373 g/mol. The van der Waals surface area contributed by atoms with Crippen molar-refractivity contribution in [3.05, 3.63) is 78.4 Å². The van der Waals surface area contributed by atoms with Crippen molar-refractivity contribution < 1.29 is 9.59 Å². The Morgan fingerprint density at radius 1 is 0.786 bits per heavy atom. The van der Waals surface area contributed by atoms with E-state index in [4.69, 9.17) is 0 Å². The van der Waals surface area contributed by atoms with Gasteiger partial charge < -0.3 is 10.2 Å². The Kier molecular flexibility index (Phi) is 5.35. The maximum atomic E-state index is 12.5. The van der Waals surface area contributed by atoms with Crippen molar-refractivity contribution in [3.63, 3.8) is 0 Å². The van der Waals surface area contributed by atoms with Crippen molar-refractivity contribution >= 4 is 28.3 Å². The van der Waals surface area contributed by atoms with Crippen LogP contribution in [0.15, 0.2) is 72.8 Å². The Balaban J connectivity index is 1.32. The second-order valence-corrected chi connectivity index (χ2v) is 7.01. The van der Waals surface area contributed by atoms with Crippen molar-refractivity contribution in [2.75, 3.05) is 38.0 Å². The predicted molar refractivity (Wildman–Crippen MR) is 111 cm³/mol. The Labute approximate surface area is 164 Å². The molecule has 5 nitrogen and oxygen atoms in total. The van der Waals surface area contributed by atoms with Gasteiger partial charge >= 0.3 is 0 Å². The van der Waals surface area contributed by atoms with Gasteiger partial charge in [0.2, 0.25) is 5.91 Å². The highest BCUT2D eigenvalue weighted by molar-refractivity contribution is 6.02. The number of carbonyl (C=O) groups excluding carboxylic acids is 2. The minimum atomic E-state index is -0.0285. The van der Waals surface area contributed by atoms with E-state index in [1.165, 1.54) is 0 Å². The third kappa shape index (κ3) is 4.05. The van der Waals surface area contributed by atoms with Gasteiger partial charge in [0.25, 0.3) is 5.91 Å². The third-order valence-electron chi connectivity index (χ3n) is 5.11. The van der Waals surface area contributed by atoms with E-state index in [9.17, 15) is 9.59 Å². The molecule has 1 saturated heterocycles. The van der Waals surface area contributed by atoms with Gasteiger partial charge in [0, 0.05) is 42.8 Å². The van der Waals surface area contributed by atoms with Crippen LogP contribution in [0.1, 0.15) is 10.4 Å². The SMILES string of the molecule is O=C(CN1CCN(C(=O)c2ccccc2)CC1)Nc1cccc2ccccc12. The highest BCUT2D eigenvalue weighted by atomic mass is 16.2. The first-order valence-corrected chi connectivity index (χ1v) is 9.55. The molecule has 4 rings (SSSR count). The molecule has 0 bridgehead atoms. The highest BCUT2D eigenvalue weighted by Gasteiger charge is 2.23. The molecule has 1 heterocycles. The summed E-state index contributed by atoms with van der Waals surface area (Å²) >= 11 is 0. The second kappa shape index (κ2) is 8.23. The molecule has 5 heteroatoms. The van der Waals surface area contributed by atoms with Gasteiger partial charge in [-0.3, -0.25) is 14.5 Å². The van der Waals surface area contributed by atoms with Crippen molar-refractivity contribution in [1.82, 2.24) is 9.80 Å². The van der Waals surface area contributed by atoms with E-state index < -0.39 is 0 Å². The third-order valence-corrected chi connectivity index (χ3v) is 5.11. The molecule has 0 atom stereocenters. The lowest BCUT2D eigenvalue weighted by molar-refractivity contribution is -0.117. The summed E-state index contributed by atoms with van der Waals surface area (Å²) in [5.41, 5.74) is 1.55. The summed E-state index contributed by atoms with van der Waals surface area (Å²) in [5.74, 6) is 0.0274.